The minimum absolute atomic E-state index is 0.0163. The van der Waals surface area contributed by atoms with E-state index < -0.39 is 10.8 Å². The third-order valence-electron chi connectivity index (χ3n) is 6.85. The molecule has 1 N–H and O–H groups in total. The van der Waals surface area contributed by atoms with Gasteiger partial charge in [-0.2, -0.15) is 0 Å². The van der Waals surface area contributed by atoms with Crippen LogP contribution in [0.1, 0.15) is 16.1 Å². The Balaban J connectivity index is 1.20. The van der Waals surface area contributed by atoms with Crippen molar-refractivity contribution in [3.8, 4) is 17.1 Å². The number of halogens is 1. The van der Waals surface area contributed by atoms with Crippen molar-refractivity contribution in [3.05, 3.63) is 111 Å². The molecule has 5 rings (SSSR count). The van der Waals surface area contributed by atoms with E-state index in [-0.39, 0.29) is 28.7 Å². The number of piperazine rings is 1. The molecule has 1 fully saturated rings. The van der Waals surface area contributed by atoms with Gasteiger partial charge in [0, 0.05) is 37.9 Å². The molecule has 0 unspecified atom stereocenters. The summed E-state index contributed by atoms with van der Waals surface area (Å²) >= 11 is 6.58. The standard InChI is InChI=1S/C31H27ClN4O6/c1-41-23-9-10-24(27(20-23)36(39)40)28-12-13-29(42-28)31(38)33-22-8-11-26(25(32)19-22)34-15-17-35(18-16-34)30(37)14-7-21-5-3-2-4-6-21/h2-14,19-20H,15-18H2,1H3,(H,33,38)/b14-7+. The van der Waals surface area contributed by atoms with Crippen LogP contribution in [0.15, 0.2) is 89.4 Å². The van der Waals surface area contributed by atoms with Gasteiger partial charge in [0.15, 0.2) is 5.76 Å². The number of benzene rings is 3. The Morgan fingerprint density at radius 1 is 1.00 bits per heavy atom. The lowest BCUT2D eigenvalue weighted by Gasteiger charge is -2.36. The number of ether oxygens (including phenoxy) is 1. The maximum atomic E-state index is 12.9. The number of nitro groups is 1. The van der Waals surface area contributed by atoms with Gasteiger partial charge in [0.1, 0.15) is 11.5 Å². The van der Waals surface area contributed by atoms with Crippen LogP contribution in [0.3, 0.4) is 0 Å². The third kappa shape index (κ3) is 6.45. The summed E-state index contributed by atoms with van der Waals surface area (Å²) in [4.78, 5) is 40.4. The summed E-state index contributed by atoms with van der Waals surface area (Å²) < 4.78 is 10.7. The smallest absolute Gasteiger partial charge is 0.291 e. The van der Waals surface area contributed by atoms with Crippen LogP contribution in [0.2, 0.25) is 5.02 Å². The number of rotatable bonds is 8. The number of hydrogen-bond acceptors (Lipinski definition) is 7. The lowest BCUT2D eigenvalue weighted by atomic mass is 10.1. The molecule has 4 aromatic rings. The number of nitrogens with one attached hydrogen (secondary N) is 1. The fourth-order valence-electron chi connectivity index (χ4n) is 4.64. The fraction of sp³-hybridized carbons (Fsp3) is 0.161. The molecule has 0 spiro atoms. The van der Waals surface area contributed by atoms with Gasteiger partial charge in [0.05, 0.1) is 34.4 Å². The highest BCUT2D eigenvalue weighted by Crippen LogP contribution is 2.35. The molecular weight excluding hydrogens is 560 g/mol. The molecule has 3 aromatic carbocycles. The summed E-state index contributed by atoms with van der Waals surface area (Å²) in [5.74, 6) is -0.0719. The average Bonchev–Trinajstić information content (AvgIpc) is 3.51. The van der Waals surface area contributed by atoms with Crippen molar-refractivity contribution in [3.63, 3.8) is 0 Å². The molecule has 2 amide bonds. The van der Waals surface area contributed by atoms with Gasteiger partial charge in [0.2, 0.25) is 5.91 Å². The molecule has 1 saturated heterocycles. The summed E-state index contributed by atoms with van der Waals surface area (Å²) in [5, 5.41) is 14.7. The Kier molecular flexibility index (Phi) is 8.54. The molecule has 0 atom stereocenters. The van der Waals surface area contributed by atoms with Crippen LogP contribution in [0.4, 0.5) is 17.1 Å². The van der Waals surface area contributed by atoms with Crippen molar-refractivity contribution in [2.75, 3.05) is 43.5 Å². The zero-order valence-electron chi connectivity index (χ0n) is 22.7. The number of nitrogens with zero attached hydrogens (tertiary/aromatic N) is 3. The van der Waals surface area contributed by atoms with Gasteiger partial charge in [0.25, 0.3) is 11.6 Å². The molecule has 0 saturated carbocycles. The lowest BCUT2D eigenvalue weighted by molar-refractivity contribution is -0.384. The van der Waals surface area contributed by atoms with Gasteiger partial charge in [-0.15, -0.1) is 0 Å². The molecule has 214 valence electrons. The lowest BCUT2D eigenvalue weighted by Crippen LogP contribution is -2.48. The number of hydrogen-bond donors (Lipinski definition) is 1. The van der Waals surface area contributed by atoms with E-state index >= 15 is 0 Å². The number of amides is 2. The van der Waals surface area contributed by atoms with Crippen molar-refractivity contribution >= 4 is 46.6 Å². The van der Waals surface area contributed by atoms with Crippen LogP contribution in [0, 0.1) is 10.1 Å². The largest absolute Gasteiger partial charge is 0.497 e. The van der Waals surface area contributed by atoms with E-state index in [9.17, 15) is 19.7 Å². The van der Waals surface area contributed by atoms with Crippen LogP contribution < -0.4 is 15.0 Å². The first-order valence-corrected chi connectivity index (χ1v) is 13.5. The van der Waals surface area contributed by atoms with E-state index in [2.05, 4.69) is 10.2 Å². The van der Waals surface area contributed by atoms with Crippen LogP contribution in [-0.2, 0) is 4.79 Å². The maximum Gasteiger partial charge on any atom is 0.291 e. The van der Waals surface area contributed by atoms with E-state index in [1.165, 1.54) is 31.4 Å². The molecule has 0 radical (unpaired) electrons. The molecule has 1 aromatic heterocycles. The summed E-state index contributed by atoms with van der Waals surface area (Å²) in [5.41, 5.74) is 2.25. The average molecular weight is 587 g/mol. The van der Waals surface area contributed by atoms with Crippen molar-refractivity contribution in [2.24, 2.45) is 0 Å². The SMILES string of the molecule is COc1ccc(-c2ccc(C(=O)Nc3ccc(N4CCN(C(=O)/C=C/c5ccccc5)CC4)c(Cl)c3)o2)c([N+](=O)[O-])c1. The van der Waals surface area contributed by atoms with Crippen molar-refractivity contribution in [1.29, 1.82) is 0 Å². The van der Waals surface area contributed by atoms with E-state index in [1.54, 1.807) is 29.2 Å². The van der Waals surface area contributed by atoms with Gasteiger partial charge in [-0.05, 0) is 54.1 Å². The second-order valence-electron chi connectivity index (χ2n) is 9.48. The predicted molar refractivity (Wildman–Crippen MR) is 161 cm³/mol. The zero-order chi connectivity index (χ0) is 29.6. The Labute approximate surface area is 246 Å². The molecule has 42 heavy (non-hydrogen) atoms. The molecule has 2 heterocycles. The molecule has 1 aliphatic rings. The highest BCUT2D eigenvalue weighted by molar-refractivity contribution is 6.33. The third-order valence-corrected chi connectivity index (χ3v) is 7.16. The Hall–Kier alpha value is -5.09. The fourth-order valence-corrected chi connectivity index (χ4v) is 4.94. The molecule has 0 bridgehead atoms. The highest BCUT2D eigenvalue weighted by Gasteiger charge is 2.23. The van der Waals surface area contributed by atoms with Gasteiger partial charge >= 0.3 is 0 Å². The van der Waals surface area contributed by atoms with Crippen LogP contribution in [-0.4, -0.2) is 54.9 Å². The first-order chi connectivity index (χ1) is 20.3. The number of carbonyl (C=O) groups excluding carboxylic acids is 2. The highest BCUT2D eigenvalue weighted by atomic mass is 35.5. The number of anilines is 2. The normalized spacial score (nSPS) is 13.3. The van der Waals surface area contributed by atoms with Gasteiger partial charge in [-0.3, -0.25) is 19.7 Å². The second-order valence-corrected chi connectivity index (χ2v) is 9.89. The number of carbonyl (C=O) groups is 2. The van der Waals surface area contributed by atoms with Gasteiger partial charge in [-0.1, -0.05) is 41.9 Å². The Morgan fingerprint density at radius 2 is 1.76 bits per heavy atom. The number of methoxy groups -OCH3 is 1. The van der Waals surface area contributed by atoms with Gasteiger partial charge < -0.3 is 24.3 Å². The van der Waals surface area contributed by atoms with Crippen LogP contribution in [0.5, 0.6) is 5.75 Å². The zero-order valence-corrected chi connectivity index (χ0v) is 23.4. The minimum Gasteiger partial charge on any atom is -0.497 e. The van der Waals surface area contributed by atoms with Crippen LogP contribution >= 0.6 is 11.6 Å². The van der Waals surface area contributed by atoms with E-state index in [0.29, 0.717) is 42.6 Å². The molecule has 1 aliphatic heterocycles. The van der Waals surface area contributed by atoms with Crippen molar-refractivity contribution in [2.45, 2.75) is 0 Å². The number of furan rings is 1. The first kappa shape index (κ1) is 28.4. The Bertz CT molecular complexity index is 1640. The summed E-state index contributed by atoms with van der Waals surface area (Å²) in [6.07, 6.45) is 3.40. The second kappa shape index (κ2) is 12.6. The summed E-state index contributed by atoms with van der Waals surface area (Å²) in [6, 6.07) is 22.2. The predicted octanol–water partition coefficient (Wildman–Crippen LogP) is 6.13. The van der Waals surface area contributed by atoms with E-state index in [0.717, 1.165) is 11.3 Å². The topological polar surface area (TPSA) is 118 Å². The quantitative estimate of drug-likeness (QED) is 0.150. The molecule has 0 aliphatic carbocycles. The number of nitro benzene ring substituents is 1. The van der Waals surface area contributed by atoms with Crippen molar-refractivity contribution in [1.82, 2.24) is 4.90 Å². The summed E-state index contributed by atoms with van der Waals surface area (Å²) in [6.45, 7) is 2.34. The minimum atomic E-state index is -0.537. The van der Waals surface area contributed by atoms with E-state index in [1.807, 2.05) is 42.5 Å². The summed E-state index contributed by atoms with van der Waals surface area (Å²) in [7, 11) is 1.42. The van der Waals surface area contributed by atoms with Crippen LogP contribution in [0.25, 0.3) is 17.4 Å². The first-order valence-electron chi connectivity index (χ1n) is 13.1. The Morgan fingerprint density at radius 3 is 2.45 bits per heavy atom. The molecule has 10 nitrogen and oxygen atoms in total. The maximum absolute atomic E-state index is 12.9. The van der Waals surface area contributed by atoms with Gasteiger partial charge in [-0.25, -0.2) is 0 Å². The van der Waals surface area contributed by atoms with Crippen molar-refractivity contribution < 1.29 is 23.7 Å². The van der Waals surface area contributed by atoms with E-state index in [4.69, 9.17) is 20.8 Å². The molecule has 11 heteroatoms. The molecular formula is C31H27ClN4O6. The monoisotopic (exact) mass is 586 g/mol.